The van der Waals surface area contributed by atoms with Gasteiger partial charge in [-0.25, -0.2) is 0 Å². The Balaban J connectivity index is 2.91. The fraction of sp³-hybridized carbons (Fsp3) is 0.364. The molecule has 1 aromatic rings. The van der Waals surface area contributed by atoms with Crippen LogP contribution in [-0.2, 0) is 4.79 Å². The van der Waals surface area contributed by atoms with Gasteiger partial charge >= 0.3 is 5.97 Å². The number of hydrogen-bond donors (Lipinski definition) is 0. The summed E-state index contributed by atoms with van der Waals surface area (Å²) in [5, 5.41) is 0. The minimum Gasteiger partial charge on any atom is -0.425 e. The molecule has 0 aliphatic heterocycles. The molecule has 2 nitrogen and oxygen atoms in total. The minimum atomic E-state index is -0.276. The van der Waals surface area contributed by atoms with Crippen LogP contribution in [-0.4, -0.2) is 10.8 Å². The van der Waals surface area contributed by atoms with E-state index in [4.69, 9.17) is 4.74 Å². The first-order valence-electron chi connectivity index (χ1n) is 4.44. The zero-order valence-corrected chi connectivity index (χ0v) is 10.1. The Bertz CT molecular complexity index is 325. The van der Waals surface area contributed by atoms with Crippen molar-refractivity contribution in [1.29, 1.82) is 0 Å². The Kier molecular flexibility index (Phi) is 3.69. The number of rotatable bonds is 2. The summed E-state index contributed by atoms with van der Waals surface area (Å²) in [5.74, 6) is 0.409. The van der Waals surface area contributed by atoms with Crippen LogP contribution in [0.25, 0.3) is 0 Å². The van der Waals surface area contributed by atoms with Crippen LogP contribution in [0.15, 0.2) is 18.2 Å². The van der Waals surface area contributed by atoms with Gasteiger partial charge in [-0.2, -0.15) is 0 Å². The predicted octanol–water partition coefficient (Wildman–Crippen LogP) is 2.99. The van der Waals surface area contributed by atoms with E-state index in [2.05, 4.69) is 15.9 Å². The Morgan fingerprint density at radius 3 is 2.29 bits per heavy atom. The minimum absolute atomic E-state index is 0.262. The molecule has 0 saturated heterocycles. The summed E-state index contributed by atoms with van der Waals surface area (Å²) in [6.07, 6.45) is 0. The third-order valence-corrected chi connectivity index (χ3v) is 2.31. The monoisotopic (exact) mass is 256 g/mol. The second kappa shape index (κ2) is 4.60. The molecule has 14 heavy (non-hydrogen) atoms. The van der Waals surface area contributed by atoms with Crippen LogP contribution in [0.5, 0.6) is 5.75 Å². The quantitative estimate of drug-likeness (QED) is 0.462. The van der Waals surface area contributed by atoms with Crippen LogP contribution in [0, 0.1) is 13.8 Å². The molecule has 3 heteroatoms. The first-order valence-corrected chi connectivity index (χ1v) is 5.36. The third kappa shape index (κ3) is 2.58. The van der Waals surface area contributed by atoms with Gasteiger partial charge in [0.05, 0.1) is 0 Å². The molecule has 0 amide bonds. The lowest BCUT2D eigenvalue weighted by atomic mass is 10.1. The van der Waals surface area contributed by atoms with Gasteiger partial charge in [0.2, 0.25) is 0 Å². The maximum atomic E-state index is 11.3. The molecule has 1 rings (SSSR count). The van der Waals surface area contributed by atoms with Gasteiger partial charge in [-0.3, -0.25) is 4.79 Å². The molecular weight excluding hydrogens is 244 g/mol. The Morgan fingerprint density at radius 1 is 1.36 bits per heavy atom. The summed E-state index contributed by atoms with van der Waals surface area (Å²) in [6, 6.07) is 5.79. The molecule has 1 unspecified atom stereocenters. The fourth-order valence-corrected chi connectivity index (χ4v) is 1.24. The van der Waals surface area contributed by atoms with E-state index in [0.717, 1.165) is 11.1 Å². The molecule has 0 aliphatic rings. The predicted molar refractivity (Wildman–Crippen MR) is 59.9 cm³/mol. The van der Waals surface area contributed by atoms with Crippen molar-refractivity contribution in [3.8, 4) is 5.75 Å². The molecule has 0 saturated carbocycles. The lowest BCUT2D eigenvalue weighted by Crippen LogP contribution is -2.18. The molecule has 1 atom stereocenters. The van der Waals surface area contributed by atoms with E-state index in [1.54, 1.807) is 6.92 Å². The van der Waals surface area contributed by atoms with Crippen molar-refractivity contribution in [3.05, 3.63) is 29.3 Å². The first kappa shape index (κ1) is 11.2. The first-order chi connectivity index (χ1) is 6.52. The Hall–Kier alpha value is -0.830. The van der Waals surface area contributed by atoms with Gasteiger partial charge in [0.15, 0.2) is 0 Å². The average Bonchev–Trinajstić information content (AvgIpc) is 2.11. The number of alkyl halides is 1. The number of carbonyl (C=O) groups is 1. The highest BCUT2D eigenvalue weighted by Crippen LogP contribution is 2.23. The zero-order chi connectivity index (χ0) is 10.7. The molecule has 0 fully saturated rings. The normalized spacial score (nSPS) is 12.3. The summed E-state index contributed by atoms with van der Waals surface area (Å²) in [5.41, 5.74) is 1.96. The van der Waals surface area contributed by atoms with Crippen molar-refractivity contribution in [2.75, 3.05) is 0 Å². The summed E-state index contributed by atoms with van der Waals surface area (Å²) in [7, 11) is 0. The van der Waals surface area contributed by atoms with Crippen LogP contribution in [0.1, 0.15) is 18.1 Å². The molecule has 0 heterocycles. The topological polar surface area (TPSA) is 26.3 Å². The molecule has 76 valence electrons. The van der Waals surface area contributed by atoms with Gasteiger partial charge in [0.1, 0.15) is 10.6 Å². The van der Waals surface area contributed by atoms with E-state index < -0.39 is 0 Å². The second-order valence-corrected chi connectivity index (χ2v) is 4.63. The largest absolute Gasteiger partial charge is 0.425 e. The maximum absolute atomic E-state index is 11.3. The van der Waals surface area contributed by atoms with E-state index >= 15 is 0 Å². The Morgan fingerprint density at radius 2 is 1.86 bits per heavy atom. The van der Waals surface area contributed by atoms with Gasteiger partial charge in [-0.15, -0.1) is 0 Å². The van der Waals surface area contributed by atoms with Crippen molar-refractivity contribution >= 4 is 21.9 Å². The van der Waals surface area contributed by atoms with Crippen LogP contribution in [0.4, 0.5) is 0 Å². The van der Waals surface area contributed by atoms with Gasteiger partial charge in [0.25, 0.3) is 0 Å². The summed E-state index contributed by atoms with van der Waals surface area (Å²) in [6.45, 7) is 5.60. The molecule has 0 aromatic heterocycles. The highest BCUT2D eigenvalue weighted by atomic mass is 79.9. The van der Waals surface area contributed by atoms with Crippen molar-refractivity contribution in [2.24, 2.45) is 0 Å². The van der Waals surface area contributed by atoms with Crippen LogP contribution in [0.2, 0.25) is 0 Å². The van der Waals surface area contributed by atoms with Crippen LogP contribution in [0.3, 0.4) is 0 Å². The van der Waals surface area contributed by atoms with Gasteiger partial charge in [-0.1, -0.05) is 34.1 Å². The SMILES string of the molecule is Cc1cccc(C)c1OC(=O)C(C)Br. The van der Waals surface area contributed by atoms with Crippen molar-refractivity contribution < 1.29 is 9.53 Å². The summed E-state index contributed by atoms with van der Waals surface area (Å²) in [4.78, 5) is 11.1. The smallest absolute Gasteiger partial charge is 0.324 e. The number of para-hydroxylation sites is 1. The number of ether oxygens (including phenoxy) is 1. The van der Waals surface area contributed by atoms with E-state index in [9.17, 15) is 4.79 Å². The average molecular weight is 257 g/mol. The lowest BCUT2D eigenvalue weighted by molar-refractivity contribution is -0.133. The second-order valence-electron chi connectivity index (χ2n) is 3.26. The highest BCUT2D eigenvalue weighted by molar-refractivity contribution is 9.10. The summed E-state index contributed by atoms with van der Waals surface area (Å²) < 4.78 is 5.25. The molecule has 1 aromatic carbocycles. The molecule has 0 bridgehead atoms. The van der Waals surface area contributed by atoms with Gasteiger partial charge < -0.3 is 4.74 Å². The molecule has 0 spiro atoms. The van der Waals surface area contributed by atoms with Crippen LogP contribution >= 0.6 is 15.9 Å². The Labute approximate surface area is 92.4 Å². The number of hydrogen-bond acceptors (Lipinski definition) is 2. The number of halogens is 1. The number of aryl methyl sites for hydroxylation is 2. The van der Waals surface area contributed by atoms with Crippen LogP contribution < -0.4 is 4.74 Å². The number of benzene rings is 1. The number of esters is 1. The van der Waals surface area contributed by atoms with Gasteiger partial charge in [0, 0.05) is 0 Å². The lowest BCUT2D eigenvalue weighted by Gasteiger charge is -2.10. The van der Waals surface area contributed by atoms with E-state index in [0.29, 0.717) is 5.75 Å². The van der Waals surface area contributed by atoms with Gasteiger partial charge in [-0.05, 0) is 31.9 Å². The number of carbonyl (C=O) groups excluding carboxylic acids is 1. The highest BCUT2D eigenvalue weighted by Gasteiger charge is 2.13. The van der Waals surface area contributed by atoms with Crippen molar-refractivity contribution in [1.82, 2.24) is 0 Å². The summed E-state index contributed by atoms with van der Waals surface area (Å²) >= 11 is 3.17. The molecular formula is C11H13BrO2. The molecule has 0 aliphatic carbocycles. The third-order valence-electron chi connectivity index (χ3n) is 1.94. The van der Waals surface area contributed by atoms with E-state index in [-0.39, 0.29) is 10.8 Å². The zero-order valence-electron chi connectivity index (χ0n) is 8.50. The fourth-order valence-electron chi connectivity index (χ4n) is 1.14. The van der Waals surface area contributed by atoms with Crippen molar-refractivity contribution in [2.45, 2.75) is 25.6 Å². The maximum Gasteiger partial charge on any atom is 0.324 e. The molecule has 0 radical (unpaired) electrons. The standard InChI is InChI=1S/C11H13BrO2/c1-7-5-4-6-8(2)10(7)14-11(13)9(3)12/h4-6,9H,1-3H3. The van der Waals surface area contributed by atoms with Crippen molar-refractivity contribution in [3.63, 3.8) is 0 Å². The van der Waals surface area contributed by atoms with E-state index in [1.165, 1.54) is 0 Å². The molecule has 0 N–H and O–H groups in total. The van der Waals surface area contributed by atoms with E-state index in [1.807, 2.05) is 32.0 Å².